The zero-order chi connectivity index (χ0) is 17.6. The van der Waals surface area contributed by atoms with Crippen molar-refractivity contribution in [3.05, 3.63) is 57.3 Å². The number of rotatable bonds is 6. The molecule has 1 unspecified atom stereocenters. The van der Waals surface area contributed by atoms with Crippen molar-refractivity contribution < 1.29 is 14.3 Å². The Morgan fingerprint density at radius 3 is 2.76 bits per heavy atom. The number of benzene rings is 1. The van der Waals surface area contributed by atoms with E-state index in [1.165, 1.54) is 35.3 Å². The van der Waals surface area contributed by atoms with Crippen LogP contribution in [0.25, 0.3) is 0 Å². The molecule has 1 aromatic carbocycles. The first-order valence-electron chi connectivity index (χ1n) is 8.71. The van der Waals surface area contributed by atoms with Crippen LogP contribution in [0.5, 0.6) is 0 Å². The number of aryl methyl sites for hydroxylation is 2. The van der Waals surface area contributed by atoms with Gasteiger partial charge in [-0.25, -0.2) is 0 Å². The van der Waals surface area contributed by atoms with E-state index < -0.39 is 0 Å². The predicted octanol–water partition coefficient (Wildman–Crippen LogP) is 3.59. The van der Waals surface area contributed by atoms with E-state index in [2.05, 4.69) is 23.5 Å². The van der Waals surface area contributed by atoms with Crippen molar-refractivity contribution in [1.82, 2.24) is 5.32 Å². The summed E-state index contributed by atoms with van der Waals surface area (Å²) in [6.45, 7) is 1.72. The van der Waals surface area contributed by atoms with Crippen molar-refractivity contribution >= 4 is 23.2 Å². The van der Waals surface area contributed by atoms with Crippen LogP contribution in [-0.4, -0.2) is 18.5 Å². The molecule has 2 aromatic rings. The number of fused-ring (bicyclic) bond motifs is 1. The number of nitrogens with one attached hydrogen (secondary N) is 1. The standard InChI is InChI=1S/C20H23NO3S/c1-14(16-9-8-15-5-2-3-6-17(15)11-16)21-19(22)13-24-20(23)12-18-7-4-10-25-18/h4,7-11,14H,2-3,5-6,12-13H2,1H3,(H,21,22). The van der Waals surface area contributed by atoms with Crippen molar-refractivity contribution in [2.24, 2.45) is 0 Å². The molecular weight excluding hydrogens is 334 g/mol. The van der Waals surface area contributed by atoms with Crippen molar-refractivity contribution in [3.8, 4) is 0 Å². The molecule has 25 heavy (non-hydrogen) atoms. The monoisotopic (exact) mass is 357 g/mol. The first-order valence-corrected chi connectivity index (χ1v) is 9.59. The highest BCUT2D eigenvalue weighted by Crippen LogP contribution is 2.24. The van der Waals surface area contributed by atoms with E-state index in [4.69, 9.17) is 4.74 Å². The third-order valence-electron chi connectivity index (χ3n) is 4.51. The Hall–Kier alpha value is -2.14. The molecule has 1 aromatic heterocycles. The summed E-state index contributed by atoms with van der Waals surface area (Å²) in [5.74, 6) is -0.649. The number of carbonyl (C=O) groups excluding carboxylic acids is 2. The minimum atomic E-state index is -0.376. The summed E-state index contributed by atoms with van der Waals surface area (Å²) in [4.78, 5) is 24.7. The number of amides is 1. The summed E-state index contributed by atoms with van der Waals surface area (Å²) in [5.41, 5.74) is 3.92. The number of hydrogen-bond acceptors (Lipinski definition) is 4. The molecule has 132 valence electrons. The minimum Gasteiger partial charge on any atom is -0.455 e. The number of ether oxygens (including phenoxy) is 1. The van der Waals surface area contributed by atoms with Crippen LogP contribution < -0.4 is 5.32 Å². The number of thiophene rings is 1. The van der Waals surface area contributed by atoms with Crippen molar-refractivity contribution in [3.63, 3.8) is 0 Å². The van der Waals surface area contributed by atoms with Gasteiger partial charge in [-0.15, -0.1) is 11.3 Å². The van der Waals surface area contributed by atoms with Gasteiger partial charge in [0.15, 0.2) is 6.61 Å². The first kappa shape index (κ1) is 17.7. The SMILES string of the molecule is CC(NC(=O)COC(=O)Cc1cccs1)c1ccc2c(c1)CCCC2. The lowest BCUT2D eigenvalue weighted by molar-refractivity contribution is -0.148. The zero-order valence-electron chi connectivity index (χ0n) is 14.4. The van der Waals surface area contributed by atoms with Gasteiger partial charge in [0, 0.05) is 4.88 Å². The fourth-order valence-corrected chi connectivity index (χ4v) is 3.83. The normalized spacial score (nSPS) is 14.4. The molecule has 0 bridgehead atoms. The third-order valence-corrected chi connectivity index (χ3v) is 5.39. The molecule has 0 saturated heterocycles. The van der Waals surface area contributed by atoms with Crippen molar-refractivity contribution in [2.45, 2.75) is 45.1 Å². The van der Waals surface area contributed by atoms with Gasteiger partial charge in [-0.3, -0.25) is 9.59 Å². The van der Waals surface area contributed by atoms with E-state index in [1.54, 1.807) is 0 Å². The molecule has 1 aliphatic carbocycles. The average Bonchev–Trinajstić information content (AvgIpc) is 3.12. The highest BCUT2D eigenvalue weighted by atomic mass is 32.1. The molecule has 0 saturated carbocycles. The van der Waals surface area contributed by atoms with Gasteiger partial charge in [0.1, 0.15) is 0 Å². The summed E-state index contributed by atoms with van der Waals surface area (Å²) >= 11 is 1.50. The molecular formula is C20H23NO3S. The molecule has 1 amide bonds. The molecule has 0 spiro atoms. The molecule has 1 aliphatic rings. The molecule has 5 heteroatoms. The molecule has 0 radical (unpaired) electrons. The van der Waals surface area contributed by atoms with Gasteiger partial charge in [0.25, 0.3) is 5.91 Å². The van der Waals surface area contributed by atoms with E-state index in [9.17, 15) is 9.59 Å². The van der Waals surface area contributed by atoms with Gasteiger partial charge in [0.2, 0.25) is 0 Å². The number of esters is 1. The second-order valence-corrected chi connectivity index (χ2v) is 7.47. The number of carbonyl (C=O) groups is 2. The predicted molar refractivity (Wildman–Crippen MR) is 98.6 cm³/mol. The van der Waals surface area contributed by atoms with Crippen LogP contribution in [0.1, 0.15) is 47.4 Å². The lowest BCUT2D eigenvalue weighted by Gasteiger charge is -2.20. The van der Waals surface area contributed by atoms with Crippen molar-refractivity contribution in [2.75, 3.05) is 6.61 Å². The first-order chi connectivity index (χ1) is 12.1. The fraction of sp³-hybridized carbons (Fsp3) is 0.400. The summed E-state index contributed by atoms with van der Waals surface area (Å²) in [6, 6.07) is 10.1. The van der Waals surface area contributed by atoms with Gasteiger partial charge >= 0.3 is 5.97 Å². The summed E-state index contributed by atoms with van der Waals surface area (Å²) in [5, 5.41) is 4.82. The van der Waals surface area contributed by atoms with Crippen LogP contribution in [0, 0.1) is 0 Å². The summed E-state index contributed by atoms with van der Waals surface area (Å²) in [7, 11) is 0. The van der Waals surface area contributed by atoms with Gasteiger partial charge in [-0.2, -0.15) is 0 Å². The van der Waals surface area contributed by atoms with Crippen LogP contribution in [0.15, 0.2) is 35.7 Å². The lowest BCUT2D eigenvalue weighted by atomic mass is 9.89. The quantitative estimate of drug-likeness (QED) is 0.804. The smallest absolute Gasteiger partial charge is 0.311 e. The molecule has 3 rings (SSSR count). The van der Waals surface area contributed by atoms with E-state index in [0.717, 1.165) is 23.3 Å². The largest absolute Gasteiger partial charge is 0.455 e. The van der Waals surface area contributed by atoms with Crippen LogP contribution >= 0.6 is 11.3 Å². The van der Waals surface area contributed by atoms with Crippen LogP contribution in [-0.2, 0) is 33.6 Å². The van der Waals surface area contributed by atoms with E-state index in [1.807, 2.05) is 24.4 Å². The van der Waals surface area contributed by atoms with Crippen LogP contribution in [0.4, 0.5) is 0 Å². The van der Waals surface area contributed by atoms with Crippen LogP contribution in [0.3, 0.4) is 0 Å². The maximum Gasteiger partial charge on any atom is 0.311 e. The molecule has 1 heterocycles. The highest BCUT2D eigenvalue weighted by molar-refractivity contribution is 7.10. The van der Waals surface area contributed by atoms with Gasteiger partial charge in [0.05, 0.1) is 12.5 Å². The highest BCUT2D eigenvalue weighted by Gasteiger charge is 2.15. The van der Waals surface area contributed by atoms with E-state index >= 15 is 0 Å². The van der Waals surface area contributed by atoms with Gasteiger partial charge in [-0.1, -0.05) is 24.3 Å². The average molecular weight is 357 g/mol. The third kappa shape index (κ3) is 4.92. The van der Waals surface area contributed by atoms with E-state index in [0.29, 0.717) is 0 Å². The van der Waals surface area contributed by atoms with Crippen molar-refractivity contribution in [1.29, 1.82) is 0 Å². The Labute approximate surface area is 152 Å². The maximum atomic E-state index is 12.0. The van der Waals surface area contributed by atoms with Gasteiger partial charge < -0.3 is 10.1 Å². The Balaban J connectivity index is 1.48. The molecule has 4 nitrogen and oxygen atoms in total. The fourth-order valence-electron chi connectivity index (χ4n) is 3.14. The van der Waals surface area contributed by atoms with E-state index in [-0.39, 0.29) is 30.9 Å². The topological polar surface area (TPSA) is 55.4 Å². The number of hydrogen-bond donors (Lipinski definition) is 1. The summed E-state index contributed by atoms with van der Waals surface area (Å²) < 4.78 is 5.06. The molecule has 0 fully saturated rings. The maximum absolute atomic E-state index is 12.0. The second-order valence-electron chi connectivity index (χ2n) is 6.44. The lowest BCUT2D eigenvalue weighted by Crippen LogP contribution is -2.31. The van der Waals surface area contributed by atoms with Gasteiger partial charge in [-0.05, 0) is 60.7 Å². The Bertz CT molecular complexity index is 739. The second kappa shape index (κ2) is 8.30. The van der Waals surface area contributed by atoms with Crippen LogP contribution in [0.2, 0.25) is 0 Å². The zero-order valence-corrected chi connectivity index (χ0v) is 15.2. The molecule has 1 N–H and O–H groups in total. The Morgan fingerprint density at radius 2 is 2.00 bits per heavy atom. The Kier molecular flexibility index (Phi) is 5.87. The molecule has 1 atom stereocenters. The Morgan fingerprint density at radius 1 is 1.20 bits per heavy atom. The molecule has 0 aliphatic heterocycles. The minimum absolute atomic E-state index is 0.101. The summed E-state index contributed by atoms with van der Waals surface area (Å²) in [6.07, 6.45) is 4.97.